The van der Waals surface area contributed by atoms with Gasteiger partial charge in [-0.3, -0.25) is 4.79 Å². The first-order chi connectivity index (χ1) is 10.9. The van der Waals surface area contributed by atoms with Crippen LogP contribution in [0.15, 0.2) is 46.9 Å². The van der Waals surface area contributed by atoms with E-state index in [9.17, 15) is 9.18 Å². The Balaban J connectivity index is 1.80. The average molecular weight is 400 g/mol. The topological polar surface area (TPSA) is 32.3 Å². The number of anilines is 1. The summed E-state index contributed by atoms with van der Waals surface area (Å²) in [6.45, 7) is 1.33. The van der Waals surface area contributed by atoms with Gasteiger partial charge in [0.15, 0.2) is 0 Å². The van der Waals surface area contributed by atoms with E-state index in [-0.39, 0.29) is 18.0 Å². The number of carbonyl (C=O) groups is 1. The molecule has 1 amide bonds. The summed E-state index contributed by atoms with van der Waals surface area (Å²) in [5.74, 6) is -0.761. The third-order valence-corrected chi connectivity index (χ3v) is 4.06. The maximum absolute atomic E-state index is 13.6. The van der Waals surface area contributed by atoms with Gasteiger partial charge in [0.1, 0.15) is 5.82 Å². The molecule has 0 unspecified atom stereocenters. The highest BCUT2D eigenvalue weighted by Gasteiger charge is 2.09. The van der Waals surface area contributed by atoms with Gasteiger partial charge in [-0.2, -0.15) is 0 Å². The van der Waals surface area contributed by atoms with Gasteiger partial charge >= 0.3 is 0 Å². The van der Waals surface area contributed by atoms with Gasteiger partial charge in [-0.1, -0.05) is 39.7 Å². The number of hydrogen-bond acceptors (Lipinski definition) is 2. The van der Waals surface area contributed by atoms with Gasteiger partial charge in [0.05, 0.1) is 5.69 Å². The first kappa shape index (κ1) is 17.9. The van der Waals surface area contributed by atoms with Gasteiger partial charge in [-0.15, -0.1) is 0 Å². The molecular formula is C17H17BrClFN2O. The Morgan fingerprint density at radius 3 is 2.61 bits per heavy atom. The van der Waals surface area contributed by atoms with E-state index in [4.69, 9.17) is 11.6 Å². The molecule has 1 N–H and O–H groups in total. The van der Waals surface area contributed by atoms with E-state index in [1.165, 1.54) is 17.7 Å². The Morgan fingerprint density at radius 2 is 1.96 bits per heavy atom. The van der Waals surface area contributed by atoms with E-state index in [1.54, 1.807) is 6.07 Å². The molecule has 3 nitrogen and oxygen atoms in total. The van der Waals surface area contributed by atoms with Crippen LogP contribution in [0.1, 0.15) is 12.0 Å². The number of rotatable bonds is 6. The highest BCUT2D eigenvalue weighted by Crippen LogP contribution is 2.19. The number of nitrogens with one attached hydrogen (secondary N) is 1. The van der Waals surface area contributed by atoms with Crippen molar-refractivity contribution in [2.24, 2.45) is 0 Å². The Kier molecular flexibility index (Phi) is 6.57. The summed E-state index contributed by atoms with van der Waals surface area (Å²) in [6.07, 6.45) is 0.287. The highest BCUT2D eigenvalue weighted by atomic mass is 79.9. The van der Waals surface area contributed by atoms with Crippen LogP contribution in [0, 0.1) is 5.82 Å². The van der Waals surface area contributed by atoms with Gasteiger partial charge in [0.2, 0.25) is 5.91 Å². The zero-order valence-corrected chi connectivity index (χ0v) is 15.0. The van der Waals surface area contributed by atoms with Crippen molar-refractivity contribution in [2.45, 2.75) is 13.0 Å². The lowest BCUT2D eigenvalue weighted by Gasteiger charge is -2.16. The van der Waals surface area contributed by atoms with E-state index in [0.29, 0.717) is 11.6 Å². The molecule has 0 aliphatic heterocycles. The van der Waals surface area contributed by atoms with Crippen LogP contribution < -0.4 is 5.32 Å². The lowest BCUT2D eigenvalue weighted by Crippen LogP contribution is -2.24. The molecule has 0 saturated heterocycles. The second-order valence-corrected chi connectivity index (χ2v) is 6.64. The fourth-order valence-corrected chi connectivity index (χ4v) is 2.50. The first-order valence-electron chi connectivity index (χ1n) is 7.12. The predicted molar refractivity (Wildman–Crippen MR) is 95.1 cm³/mol. The smallest absolute Gasteiger partial charge is 0.225 e. The summed E-state index contributed by atoms with van der Waals surface area (Å²) in [5, 5.41) is 2.86. The van der Waals surface area contributed by atoms with Gasteiger partial charge in [-0.25, -0.2) is 4.39 Å². The predicted octanol–water partition coefficient (Wildman–Crippen LogP) is 4.70. The zero-order valence-electron chi connectivity index (χ0n) is 12.7. The molecule has 2 rings (SSSR count). The third-order valence-electron chi connectivity index (χ3n) is 3.29. The number of halogens is 3. The number of amides is 1. The Hall–Kier alpha value is -1.43. The van der Waals surface area contributed by atoms with Gasteiger partial charge in [-0.05, 0) is 42.9 Å². The van der Waals surface area contributed by atoms with Gasteiger partial charge in [0.25, 0.3) is 0 Å². The minimum Gasteiger partial charge on any atom is -0.324 e. The third kappa shape index (κ3) is 5.94. The van der Waals surface area contributed by atoms with E-state index in [0.717, 1.165) is 11.0 Å². The molecule has 0 atom stereocenters. The van der Waals surface area contributed by atoms with Crippen molar-refractivity contribution in [3.8, 4) is 0 Å². The minimum atomic E-state index is -0.533. The van der Waals surface area contributed by atoms with Crippen molar-refractivity contribution in [1.82, 2.24) is 4.90 Å². The Bertz CT molecular complexity index is 679. The van der Waals surface area contributed by atoms with Crippen molar-refractivity contribution in [3.63, 3.8) is 0 Å². The second-order valence-electron chi connectivity index (χ2n) is 5.29. The van der Waals surface area contributed by atoms with E-state index >= 15 is 0 Å². The van der Waals surface area contributed by atoms with Crippen LogP contribution in [-0.4, -0.2) is 24.4 Å². The standard InChI is InChI=1S/C17H17BrClFN2O/c1-22(11-12-2-4-13(18)5-3-12)9-8-17(23)21-16-7-6-14(19)10-15(16)20/h2-7,10H,8-9,11H2,1H3,(H,21,23). The van der Waals surface area contributed by atoms with Crippen molar-refractivity contribution in [3.05, 3.63) is 63.3 Å². The van der Waals surface area contributed by atoms with Crippen LogP contribution in [0.5, 0.6) is 0 Å². The largest absolute Gasteiger partial charge is 0.324 e. The van der Waals surface area contributed by atoms with Crippen molar-refractivity contribution < 1.29 is 9.18 Å². The highest BCUT2D eigenvalue weighted by molar-refractivity contribution is 9.10. The molecule has 0 spiro atoms. The van der Waals surface area contributed by atoms with Crippen molar-refractivity contribution >= 4 is 39.1 Å². The summed E-state index contributed by atoms with van der Waals surface area (Å²) < 4.78 is 14.7. The molecule has 122 valence electrons. The van der Waals surface area contributed by atoms with Crippen LogP contribution in [-0.2, 0) is 11.3 Å². The fourth-order valence-electron chi connectivity index (χ4n) is 2.08. The zero-order chi connectivity index (χ0) is 16.8. The molecular weight excluding hydrogens is 383 g/mol. The summed E-state index contributed by atoms with van der Waals surface area (Å²) >= 11 is 9.08. The molecule has 0 radical (unpaired) electrons. The quantitative estimate of drug-likeness (QED) is 0.763. The monoisotopic (exact) mass is 398 g/mol. The average Bonchev–Trinajstić information content (AvgIpc) is 2.50. The molecule has 23 heavy (non-hydrogen) atoms. The molecule has 2 aromatic rings. The molecule has 2 aromatic carbocycles. The van der Waals surface area contributed by atoms with Gasteiger partial charge < -0.3 is 10.2 Å². The molecule has 0 fully saturated rings. The van der Waals surface area contributed by atoms with E-state index in [1.807, 2.05) is 36.2 Å². The number of carbonyl (C=O) groups excluding carboxylic acids is 1. The molecule has 0 bridgehead atoms. The summed E-state index contributed by atoms with van der Waals surface area (Å²) in [7, 11) is 1.94. The second kappa shape index (κ2) is 8.43. The summed E-state index contributed by atoms with van der Waals surface area (Å²) in [4.78, 5) is 14.0. The Morgan fingerprint density at radius 1 is 1.26 bits per heavy atom. The summed E-state index contributed by atoms with van der Waals surface area (Å²) in [5.41, 5.74) is 1.31. The van der Waals surface area contributed by atoms with Crippen molar-refractivity contribution in [2.75, 3.05) is 18.9 Å². The van der Waals surface area contributed by atoms with Crippen LogP contribution in [0.2, 0.25) is 5.02 Å². The molecule has 0 aliphatic carbocycles. The normalized spacial score (nSPS) is 10.8. The van der Waals surface area contributed by atoms with Crippen LogP contribution in [0.3, 0.4) is 0 Å². The van der Waals surface area contributed by atoms with Gasteiger partial charge in [0, 0.05) is 29.0 Å². The Labute approximate surface area is 148 Å². The van der Waals surface area contributed by atoms with Crippen LogP contribution in [0.25, 0.3) is 0 Å². The van der Waals surface area contributed by atoms with E-state index in [2.05, 4.69) is 21.2 Å². The molecule has 0 aromatic heterocycles. The minimum absolute atomic E-state index is 0.148. The number of hydrogen-bond donors (Lipinski definition) is 1. The SMILES string of the molecule is CN(CCC(=O)Nc1ccc(Cl)cc1F)Cc1ccc(Br)cc1. The lowest BCUT2D eigenvalue weighted by molar-refractivity contribution is -0.116. The fraction of sp³-hybridized carbons (Fsp3) is 0.235. The number of benzene rings is 2. The lowest BCUT2D eigenvalue weighted by atomic mass is 10.2. The maximum Gasteiger partial charge on any atom is 0.225 e. The van der Waals surface area contributed by atoms with Crippen LogP contribution >= 0.6 is 27.5 Å². The molecule has 6 heteroatoms. The maximum atomic E-state index is 13.6. The molecule has 0 aliphatic rings. The number of nitrogens with zero attached hydrogens (tertiary/aromatic N) is 1. The van der Waals surface area contributed by atoms with Crippen LogP contribution in [0.4, 0.5) is 10.1 Å². The van der Waals surface area contributed by atoms with E-state index < -0.39 is 5.82 Å². The summed E-state index contributed by atoms with van der Waals surface area (Å²) in [6, 6.07) is 12.2. The molecule has 0 heterocycles. The molecule has 0 saturated carbocycles. The van der Waals surface area contributed by atoms with Crippen molar-refractivity contribution in [1.29, 1.82) is 0 Å². The first-order valence-corrected chi connectivity index (χ1v) is 8.29.